The molecule has 1 aromatic rings. The molecule has 2 nitrogen and oxygen atoms in total. The number of benzene rings is 1. The lowest BCUT2D eigenvalue weighted by atomic mass is 9.81. The van der Waals surface area contributed by atoms with Gasteiger partial charge in [-0.1, -0.05) is 38.1 Å². The lowest BCUT2D eigenvalue weighted by Gasteiger charge is -2.26. The fraction of sp³-hybridized carbons (Fsp3) is 0.500. The van der Waals surface area contributed by atoms with Gasteiger partial charge >= 0.3 is 0 Å². The van der Waals surface area contributed by atoms with Gasteiger partial charge in [0.2, 0.25) is 0 Å². The highest BCUT2D eigenvalue weighted by molar-refractivity contribution is 5.78. The number of rotatable bonds is 5. The van der Waals surface area contributed by atoms with Crippen LogP contribution >= 0.6 is 0 Å². The number of ether oxygens (including phenoxy) is 1. The Kier molecular flexibility index (Phi) is 4.25. The zero-order valence-corrected chi connectivity index (χ0v) is 10.5. The Labute approximate surface area is 97.6 Å². The predicted molar refractivity (Wildman–Crippen MR) is 65.7 cm³/mol. The van der Waals surface area contributed by atoms with Crippen molar-refractivity contribution >= 4 is 5.78 Å². The van der Waals surface area contributed by atoms with Gasteiger partial charge in [0.25, 0.3) is 0 Å². The van der Waals surface area contributed by atoms with E-state index in [1.165, 1.54) is 5.56 Å². The molecule has 0 N–H and O–H groups in total. The van der Waals surface area contributed by atoms with Crippen molar-refractivity contribution in [2.24, 2.45) is 0 Å². The van der Waals surface area contributed by atoms with E-state index in [0.29, 0.717) is 13.0 Å². The lowest BCUT2D eigenvalue weighted by Crippen LogP contribution is -2.25. The molecule has 0 heterocycles. The van der Waals surface area contributed by atoms with Gasteiger partial charge in [0.05, 0.1) is 6.61 Å². The monoisotopic (exact) mass is 220 g/mol. The molecular weight excluding hydrogens is 200 g/mol. The topological polar surface area (TPSA) is 26.3 Å². The summed E-state index contributed by atoms with van der Waals surface area (Å²) in [7, 11) is 1.70. The maximum atomic E-state index is 11.2. The Balaban J connectivity index is 3.07. The van der Waals surface area contributed by atoms with Gasteiger partial charge in [0.1, 0.15) is 5.78 Å². The fourth-order valence-electron chi connectivity index (χ4n) is 2.04. The maximum Gasteiger partial charge on any atom is 0.134 e. The molecule has 0 saturated heterocycles. The first-order valence-corrected chi connectivity index (χ1v) is 5.54. The van der Waals surface area contributed by atoms with Crippen molar-refractivity contribution in [1.82, 2.24) is 0 Å². The standard InChI is InChI=1S/C14H20O2/c1-11(15)9-12-7-5-6-8-13(12)14(2,3)10-16-4/h5-8H,9-10H2,1-4H3. The zero-order chi connectivity index (χ0) is 12.2. The molecule has 2 heteroatoms. The lowest BCUT2D eigenvalue weighted by molar-refractivity contribution is -0.116. The summed E-state index contributed by atoms with van der Waals surface area (Å²) in [5.74, 6) is 0.195. The first-order valence-electron chi connectivity index (χ1n) is 5.54. The second-order valence-electron chi connectivity index (χ2n) is 4.85. The van der Waals surface area contributed by atoms with Crippen LogP contribution in [0.2, 0.25) is 0 Å². The molecule has 1 aromatic carbocycles. The highest BCUT2D eigenvalue weighted by Gasteiger charge is 2.23. The summed E-state index contributed by atoms with van der Waals surface area (Å²) in [6, 6.07) is 8.09. The Morgan fingerprint density at radius 3 is 2.50 bits per heavy atom. The molecule has 0 saturated carbocycles. The Morgan fingerprint density at radius 2 is 1.94 bits per heavy atom. The van der Waals surface area contributed by atoms with E-state index in [9.17, 15) is 4.79 Å². The van der Waals surface area contributed by atoms with Crippen LogP contribution in [-0.2, 0) is 21.4 Å². The third-order valence-corrected chi connectivity index (χ3v) is 2.69. The van der Waals surface area contributed by atoms with Crippen molar-refractivity contribution in [2.45, 2.75) is 32.6 Å². The first kappa shape index (κ1) is 12.9. The quantitative estimate of drug-likeness (QED) is 0.762. The molecule has 0 aromatic heterocycles. The van der Waals surface area contributed by atoms with E-state index in [0.717, 1.165) is 5.56 Å². The average Bonchev–Trinajstić information content (AvgIpc) is 2.17. The molecule has 0 bridgehead atoms. The minimum absolute atomic E-state index is 0.0548. The van der Waals surface area contributed by atoms with Crippen LogP contribution in [-0.4, -0.2) is 19.5 Å². The van der Waals surface area contributed by atoms with Crippen molar-refractivity contribution in [3.63, 3.8) is 0 Å². The van der Waals surface area contributed by atoms with Gasteiger partial charge in [-0.2, -0.15) is 0 Å². The first-order chi connectivity index (χ1) is 7.47. The predicted octanol–water partition coefficient (Wildman–Crippen LogP) is 2.74. The molecule has 16 heavy (non-hydrogen) atoms. The molecule has 0 spiro atoms. The fourth-order valence-corrected chi connectivity index (χ4v) is 2.04. The smallest absolute Gasteiger partial charge is 0.134 e. The molecule has 1 rings (SSSR count). The summed E-state index contributed by atoms with van der Waals surface area (Å²) in [6.07, 6.45) is 0.503. The average molecular weight is 220 g/mol. The van der Waals surface area contributed by atoms with Gasteiger partial charge in [0.15, 0.2) is 0 Å². The van der Waals surface area contributed by atoms with Gasteiger partial charge in [-0.15, -0.1) is 0 Å². The van der Waals surface area contributed by atoms with Crippen LogP contribution < -0.4 is 0 Å². The van der Waals surface area contributed by atoms with Crippen LogP contribution in [0.15, 0.2) is 24.3 Å². The van der Waals surface area contributed by atoms with Gasteiger partial charge < -0.3 is 4.74 Å². The van der Waals surface area contributed by atoms with E-state index in [-0.39, 0.29) is 11.2 Å². The van der Waals surface area contributed by atoms with Crippen molar-refractivity contribution < 1.29 is 9.53 Å². The summed E-state index contributed by atoms with van der Waals surface area (Å²) >= 11 is 0. The number of carbonyl (C=O) groups excluding carboxylic acids is 1. The summed E-state index contributed by atoms with van der Waals surface area (Å²) in [6.45, 7) is 6.55. The Bertz CT molecular complexity index is 367. The highest BCUT2D eigenvalue weighted by atomic mass is 16.5. The Hall–Kier alpha value is -1.15. The van der Waals surface area contributed by atoms with E-state index in [1.807, 2.05) is 18.2 Å². The van der Waals surface area contributed by atoms with Crippen molar-refractivity contribution in [3.05, 3.63) is 35.4 Å². The van der Waals surface area contributed by atoms with E-state index in [1.54, 1.807) is 14.0 Å². The summed E-state index contributed by atoms with van der Waals surface area (Å²) < 4.78 is 5.24. The van der Waals surface area contributed by atoms with Crippen LogP contribution in [0.25, 0.3) is 0 Å². The van der Waals surface area contributed by atoms with Gasteiger partial charge in [-0.25, -0.2) is 0 Å². The number of carbonyl (C=O) groups is 1. The largest absolute Gasteiger partial charge is 0.384 e. The molecule has 0 aliphatic rings. The SMILES string of the molecule is COCC(C)(C)c1ccccc1CC(C)=O. The number of methoxy groups -OCH3 is 1. The molecule has 88 valence electrons. The second-order valence-corrected chi connectivity index (χ2v) is 4.85. The molecular formula is C14H20O2. The third-order valence-electron chi connectivity index (χ3n) is 2.69. The van der Waals surface area contributed by atoms with Crippen LogP contribution in [0.1, 0.15) is 31.9 Å². The van der Waals surface area contributed by atoms with Crippen LogP contribution in [0.4, 0.5) is 0 Å². The van der Waals surface area contributed by atoms with Crippen molar-refractivity contribution in [2.75, 3.05) is 13.7 Å². The molecule has 0 amide bonds. The number of hydrogen-bond acceptors (Lipinski definition) is 2. The Morgan fingerprint density at radius 1 is 1.31 bits per heavy atom. The van der Waals surface area contributed by atoms with E-state index < -0.39 is 0 Å². The van der Waals surface area contributed by atoms with Crippen LogP contribution in [0.5, 0.6) is 0 Å². The second kappa shape index (κ2) is 5.26. The van der Waals surface area contributed by atoms with E-state index >= 15 is 0 Å². The van der Waals surface area contributed by atoms with Gasteiger partial charge in [-0.3, -0.25) is 4.79 Å². The number of hydrogen-bond donors (Lipinski definition) is 0. The van der Waals surface area contributed by atoms with Gasteiger partial charge in [-0.05, 0) is 18.1 Å². The van der Waals surface area contributed by atoms with Crippen molar-refractivity contribution in [3.8, 4) is 0 Å². The molecule has 0 fully saturated rings. The molecule has 0 atom stereocenters. The van der Waals surface area contributed by atoms with Crippen molar-refractivity contribution in [1.29, 1.82) is 0 Å². The minimum Gasteiger partial charge on any atom is -0.384 e. The molecule has 0 aliphatic heterocycles. The van der Waals surface area contributed by atoms with Crippen LogP contribution in [0, 0.1) is 0 Å². The zero-order valence-electron chi connectivity index (χ0n) is 10.5. The van der Waals surface area contributed by atoms with E-state index in [2.05, 4.69) is 19.9 Å². The molecule has 0 radical (unpaired) electrons. The minimum atomic E-state index is -0.0548. The molecule has 0 aliphatic carbocycles. The molecule has 0 unspecified atom stereocenters. The number of ketones is 1. The van der Waals surface area contributed by atoms with E-state index in [4.69, 9.17) is 4.74 Å². The summed E-state index contributed by atoms with van der Waals surface area (Å²) in [4.78, 5) is 11.2. The summed E-state index contributed by atoms with van der Waals surface area (Å²) in [5.41, 5.74) is 2.25. The number of Topliss-reactive ketones (excluding diaryl/α,β-unsaturated/α-hetero) is 1. The maximum absolute atomic E-state index is 11.2. The summed E-state index contributed by atoms with van der Waals surface area (Å²) in [5, 5.41) is 0. The van der Waals surface area contributed by atoms with Crippen LogP contribution in [0.3, 0.4) is 0 Å². The third kappa shape index (κ3) is 3.17. The van der Waals surface area contributed by atoms with Gasteiger partial charge in [0, 0.05) is 18.9 Å². The normalized spacial score (nSPS) is 11.5. The highest BCUT2D eigenvalue weighted by Crippen LogP contribution is 2.27.